The molecule has 1 atom stereocenters. The predicted octanol–water partition coefficient (Wildman–Crippen LogP) is 1.00. The van der Waals surface area contributed by atoms with Crippen LogP contribution in [-0.4, -0.2) is 29.2 Å². The summed E-state index contributed by atoms with van der Waals surface area (Å²) in [6.45, 7) is 0.918. The Morgan fingerprint density at radius 3 is 2.89 bits per heavy atom. The SMILES string of the molecule is CN1CCC[C@H](Br)C1=O. The number of alkyl halides is 1. The van der Waals surface area contributed by atoms with Crippen molar-refractivity contribution in [2.45, 2.75) is 17.7 Å². The van der Waals surface area contributed by atoms with Gasteiger partial charge in [-0.25, -0.2) is 0 Å². The van der Waals surface area contributed by atoms with Crippen molar-refractivity contribution in [2.75, 3.05) is 13.6 Å². The maximum Gasteiger partial charge on any atom is 0.236 e. The Labute approximate surface area is 63.3 Å². The van der Waals surface area contributed by atoms with E-state index in [0.717, 1.165) is 19.4 Å². The van der Waals surface area contributed by atoms with Gasteiger partial charge in [0.05, 0.1) is 4.83 Å². The lowest BCUT2D eigenvalue weighted by atomic mass is 10.1. The molecule has 3 heteroatoms. The molecule has 0 aromatic rings. The molecule has 1 aliphatic heterocycles. The minimum Gasteiger partial charge on any atom is -0.345 e. The number of hydrogen-bond acceptors (Lipinski definition) is 1. The monoisotopic (exact) mass is 191 g/mol. The van der Waals surface area contributed by atoms with E-state index in [2.05, 4.69) is 15.9 Å². The summed E-state index contributed by atoms with van der Waals surface area (Å²) < 4.78 is 0. The van der Waals surface area contributed by atoms with E-state index in [0.29, 0.717) is 0 Å². The third-order valence-electron chi connectivity index (χ3n) is 1.60. The minimum absolute atomic E-state index is 0.0799. The number of amides is 1. The number of nitrogens with zero attached hydrogens (tertiary/aromatic N) is 1. The van der Waals surface area contributed by atoms with Gasteiger partial charge in [-0.15, -0.1) is 0 Å². The van der Waals surface area contributed by atoms with Crippen LogP contribution in [0.2, 0.25) is 0 Å². The molecule has 9 heavy (non-hydrogen) atoms. The Kier molecular flexibility index (Phi) is 2.11. The van der Waals surface area contributed by atoms with E-state index in [9.17, 15) is 4.79 Å². The number of carbonyl (C=O) groups is 1. The Bertz CT molecular complexity index is 114. The third kappa shape index (κ3) is 1.45. The van der Waals surface area contributed by atoms with Gasteiger partial charge in [0.15, 0.2) is 0 Å². The number of likely N-dealkylation sites (tertiary alicyclic amines) is 1. The van der Waals surface area contributed by atoms with Crippen LogP contribution < -0.4 is 0 Å². The molecule has 1 amide bonds. The first-order valence-corrected chi connectivity index (χ1v) is 4.02. The highest BCUT2D eigenvalue weighted by molar-refractivity contribution is 9.10. The fourth-order valence-corrected chi connectivity index (χ4v) is 1.65. The Balaban J connectivity index is 2.52. The first kappa shape index (κ1) is 7.06. The smallest absolute Gasteiger partial charge is 0.236 e. The van der Waals surface area contributed by atoms with E-state index < -0.39 is 0 Å². The molecule has 0 spiro atoms. The molecular weight excluding hydrogens is 182 g/mol. The minimum atomic E-state index is 0.0799. The van der Waals surface area contributed by atoms with Crippen LogP contribution in [0.15, 0.2) is 0 Å². The second kappa shape index (κ2) is 2.69. The van der Waals surface area contributed by atoms with Gasteiger partial charge in [0.1, 0.15) is 0 Å². The fourth-order valence-electron chi connectivity index (χ4n) is 0.980. The van der Waals surface area contributed by atoms with Gasteiger partial charge in [0.2, 0.25) is 5.91 Å². The Morgan fingerprint density at radius 2 is 2.44 bits per heavy atom. The molecule has 52 valence electrons. The summed E-state index contributed by atoms with van der Waals surface area (Å²) in [5.74, 6) is 0.223. The third-order valence-corrected chi connectivity index (χ3v) is 2.44. The summed E-state index contributed by atoms with van der Waals surface area (Å²) in [4.78, 5) is 12.9. The van der Waals surface area contributed by atoms with Gasteiger partial charge in [0, 0.05) is 13.6 Å². The second-order valence-electron chi connectivity index (χ2n) is 2.37. The largest absolute Gasteiger partial charge is 0.345 e. The van der Waals surface area contributed by atoms with Gasteiger partial charge in [-0.05, 0) is 12.8 Å². The van der Waals surface area contributed by atoms with Crippen molar-refractivity contribution in [3.05, 3.63) is 0 Å². The zero-order valence-corrected chi connectivity index (χ0v) is 7.02. The summed E-state index contributed by atoms with van der Waals surface area (Å²) in [7, 11) is 1.84. The van der Waals surface area contributed by atoms with Crippen LogP contribution in [0, 0.1) is 0 Å². The van der Waals surface area contributed by atoms with Crippen LogP contribution in [0.3, 0.4) is 0 Å². The van der Waals surface area contributed by atoms with Crippen LogP contribution >= 0.6 is 15.9 Å². The molecule has 1 fully saturated rings. The van der Waals surface area contributed by atoms with E-state index >= 15 is 0 Å². The number of carbonyl (C=O) groups excluding carboxylic acids is 1. The van der Waals surface area contributed by atoms with Crippen LogP contribution in [0.5, 0.6) is 0 Å². The van der Waals surface area contributed by atoms with Crippen molar-refractivity contribution < 1.29 is 4.79 Å². The maximum atomic E-state index is 11.0. The van der Waals surface area contributed by atoms with Crippen LogP contribution in [0.1, 0.15) is 12.8 Å². The predicted molar refractivity (Wildman–Crippen MR) is 39.6 cm³/mol. The molecule has 1 aliphatic rings. The summed E-state index contributed by atoms with van der Waals surface area (Å²) in [5.41, 5.74) is 0. The summed E-state index contributed by atoms with van der Waals surface area (Å²) in [5, 5.41) is 0. The van der Waals surface area contributed by atoms with E-state index in [4.69, 9.17) is 0 Å². The number of hydrogen-bond donors (Lipinski definition) is 0. The molecule has 0 aliphatic carbocycles. The first-order chi connectivity index (χ1) is 4.22. The second-order valence-corrected chi connectivity index (χ2v) is 3.47. The van der Waals surface area contributed by atoms with Crippen molar-refractivity contribution >= 4 is 21.8 Å². The van der Waals surface area contributed by atoms with Crippen LogP contribution in [-0.2, 0) is 4.79 Å². The average molecular weight is 192 g/mol. The van der Waals surface area contributed by atoms with Gasteiger partial charge >= 0.3 is 0 Å². The lowest BCUT2D eigenvalue weighted by molar-refractivity contribution is -0.130. The number of rotatable bonds is 0. The first-order valence-electron chi connectivity index (χ1n) is 3.11. The molecule has 0 saturated carbocycles. The number of halogens is 1. The number of piperidine rings is 1. The zero-order valence-electron chi connectivity index (χ0n) is 5.43. The average Bonchev–Trinajstić information content (AvgIpc) is 1.83. The van der Waals surface area contributed by atoms with E-state index in [1.165, 1.54) is 0 Å². The molecule has 0 aromatic carbocycles. The molecule has 2 nitrogen and oxygen atoms in total. The van der Waals surface area contributed by atoms with Gasteiger partial charge in [-0.1, -0.05) is 15.9 Å². The highest BCUT2D eigenvalue weighted by Gasteiger charge is 2.22. The fraction of sp³-hybridized carbons (Fsp3) is 0.833. The van der Waals surface area contributed by atoms with Crippen LogP contribution in [0.25, 0.3) is 0 Å². The van der Waals surface area contributed by atoms with Gasteiger partial charge in [-0.3, -0.25) is 4.79 Å². The molecule has 0 radical (unpaired) electrons. The van der Waals surface area contributed by atoms with Crippen LogP contribution in [0.4, 0.5) is 0 Å². The zero-order chi connectivity index (χ0) is 6.85. The normalized spacial score (nSPS) is 28.9. The quantitative estimate of drug-likeness (QED) is 0.524. The van der Waals surface area contributed by atoms with Crippen molar-refractivity contribution in [3.8, 4) is 0 Å². The molecular formula is C6H10BrNO. The molecule has 0 N–H and O–H groups in total. The highest BCUT2D eigenvalue weighted by atomic mass is 79.9. The molecule has 1 heterocycles. The Morgan fingerprint density at radius 1 is 1.78 bits per heavy atom. The van der Waals surface area contributed by atoms with E-state index in [-0.39, 0.29) is 10.7 Å². The van der Waals surface area contributed by atoms with Crippen molar-refractivity contribution in [2.24, 2.45) is 0 Å². The molecule has 1 saturated heterocycles. The standard InChI is InChI=1S/C6H10BrNO/c1-8-4-2-3-5(7)6(8)9/h5H,2-4H2,1H3/t5-/m0/s1. The summed E-state index contributed by atoms with van der Waals surface area (Å²) in [6, 6.07) is 0. The summed E-state index contributed by atoms with van der Waals surface area (Å²) in [6.07, 6.45) is 2.11. The lowest BCUT2D eigenvalue weighted by Crippen LogP contribution is -2.38. The summed E-state index contributed by atoms with van der Waals surface area (Å²) >= 11 is 3.30. The maximum absolute atomic E-state index is 11.0. The van der Waals surface area contributed by atoms with Crippen molar-refractivity contribution in [1.29, 1.82) is 0 Å². The molecule has 0 aromatic heterocycles. The van der Waals surface area contributed by atoms with Gasteiger partial charge in [0.25, 0.3) is 0 Å². The Hall–Kier alpha value is -0.0500. The van der Waals surface area contributed by atoms with Crippen molar-refractivity contribution in [1.82, 2.24) is 4.90 Å². The van der Waals surface area contributed by atoms with E-state index in [1.807, 2.05) is 7.05 Å². The topological polar surface area (TPSA) is 20.3 Å². The lowest BCUT2D eigenvalue weighted by Gasteiger charge is -2.25. The highest BCUT2D eigenvalue weighted by Crippen LogP contribution is 2.16. The van der Waals surface area contributed by atoms with E-state index in [1.54, 1.807) is 4.90 Å². The van der Waals surface area contributed by atoms with Gasteiger partial charge < -0.3 is 4.90 Å². The van der Waals surface area contributed by atoms with Crippen molar-refractivity contribution in [3.63, 3.8) is 0 Å². The van der Waals surface area contributed by atoms with Gasteiger partial charge in [-0.2, -0.15) is 0 Å². The molecule has 1 rings (SSSR count). The molecule has 0 bridgehead atoms. The molecule has 0 unspecified atom stereocenters.